The SMILES string of the molecule is Cc1ccc(C)c(N(CC(=O)N(Cc2cccc(Br)c2)[C@@H](Cc2ccccc2)C(=O)NCC(C)C)S(=O)(=O)N(C)C)c1. The summed E-state index contributed by atoms with van der Waals surface area (Å²) in [6.45, 7) is 7.80. The molecule has 3 rings (SSSR count). The molecule has 0 saturated heterocycles. The molecule has 3 aromatic rings. The summed E-state index contributed by atoms with van der Waals surface area (Å²) >= 11 is 3.50. The van der Waals surface area contributed by atoms with Gasteiger partial charge in [0.05, 0.1) is 5.69 Å². The Kier molecular flexibility index (Phi) is 11.7. The van der Waals surface area contributed by atoms with E-state index in [2.05, 4.69) is 21.2 Å². The minimum absolute atomic E-state index is 0.119. The molecule has 10 heteroatoms. The smallest absolute Gasteiger partial charge is 0.304 e. The molecule has 0 spiro atoms. The maximum absolute atomic E-state index is 14.4. The Morgan fingerprint density at radius 3 is 2.19 bits per heavy atom. The molecule has 0 saturated carbocycles. The number of halogens is 1. The number of aryl methyl sites for hydroxylation is 2. The van der Waals surface area contributed by atoms with Crippen LogP contribution in [0.25, 0.3) is 0 Å². The van der Waals surface area contributed by atoms with Crippen LogP contribution in [0.5, 0.6) is 0 Å². The van der Waals surface area contributed by atoms with Crippen LogP contribution in [-0.2, 0) is 32.8 Å². The maximum Gasteiger partial charge on any atom is 0.304 e. The highest BCUT2D eigenvalue weighted by atomic mass is 79.9. The molecule has 0 aliphatic carbocycles. The van der Waals surface area contributed by atoms with E-state index in [9.17, 15) is 18.0 Å². The molecule has 3 aromatic carbocycles. The molecule has 1 N–H and O–H groups in total. The van der Waals surface area contributed by atoms with Crippen molar-refractivity contribution in [2.75, 3.05) is 31.5 Å². The number of nitrogens with one attached hydrogen (secondary N) is 1. The van der Waals surface area contributed by atoms with E-state index in [1.165, 1.54) is 19.0 Å². The van der Waals surface area contributed by atoms with Crippen LogP contribution in [0.15, 0.2) is 77.3 Å². The average Bonchev–Trinajstić information content (AvgIpc) is 2.94. The molecule has 0 unspecified atom stereocenters. The second-order valence-corrected chi connectivity index (χ2v) is 14.1. The molecule has 1 atom stereocenters. The zero-order chi connectivity index (χ0) is 31.0. The van der Waals surface area contributed by atoms with Crippen molar-refractivity contribution in [2.24, 2.45) is 5.92 Å². The highest BCUT2D eigenvalue weighted by molar-refractivity contribution is 9.10. The van der Waals surface area contributed by atoms with Crippen molar-refractivity contribution in [1.82, 2.24) is 14.5 Å². The largest absolute Gasteiger partial charge is 0.354 e. The highest BCUT2D eigenvalue weighted by Gasteiger charge is 2.35. The monoisotopic (exact) mass is 656 g/mol. The van der Waals surface area contributed by atoms with Crippen molar-refractivity contribution < 1.29 is 18.0 Å². The molecular formula is C32H41BrN4O4S. The van der Waals surface area contributed by atoms with Gasteiger partial charge in [0.25, 0.3) is 0 Å². The number of carbonyl (C=O) groups excluding carboxylic acids is 2. The van der Waals surface area contributed by atoms with E-state index in [0.717, 1.165) is 29.8 Å². The number of rotatable bonds is 13. The minimum atomic E-state index is -4.05. The summed E-state index contributed by atoms with van der Waals surface area (Å²) in [6.07, 6.45) is 0.272. The molecule has 0 aliphatic rings. The van der Waals surface area contributed by atoms with Gasteiger partial charge in [-0.05, 0) is 60.2 Å². The van der Waals surface area contributed by atoms with Crippen molar-refractivity contribution in [1.29, 1.82) is 0 Å². The number of carbonyl (C=O) groups is 2. The molecule has 0 fully saturated rings. The van der Waals surface area contributed by atoms with Crippen LogP contribution < -0.4 is 9.62 Å². The molecular weight excluding hydrogens is 616 g/mol. The molecule has 2 amide bonds. The third-order valence-corrected chi connectivity index (χ3v) is 9.15. The number of hydrogen-bond acceptors (Lipinski definition) is 4. The molecule has 0 heterocycles. The van der Waals surface area contributed by atoms with Crippen molar-refractivity contribution in [2.45, 2.75) is 46.7 Å². The quantitative estimate of drug-likeness (QED) is 0.278. The summed E-state index contributed by atoms with van der Waals surface area (Å²) in [4.78, 5) is 29.6. The first-order chi connectivity index (χ1) is 19.8. The lowest BCUT2D eigenvalue weighted by atomic mass is 10.0. The van der Waals surface area contributed by atoms with Crippen molar-refractivity contribution >= 4 is 43.6 Å². The van der Waals surface area contributed by atoms with Gasteiger partial charge in [-0.2, -0.15) is 12.7 Å². The minimum Gasteiger partial charge on any atom is -0.354 e. The van der Waals surface area contributed by atoms with Gasteiger partial charge in [0.1, 0.15) is 12.6 Å². The van der Waals surface area contributed by atoms with E-state index in [1.54, 1.807) is 6.07 Å². The predicted octanol–water partition coefficient (Wildman–Crippen LogP) is 5.09. The molecule has 0 radical (unpaired) electrons. The van der Waals surface area contributed by atoms with Gasteiger partial charge in [0.2, 0.25) is 11.8 Å². The third kappa shape index (κ3) is 8.89. The van der Waals surface area contributed by atoms with Crippen molar-refractivity contribution in [3.8, 4) is 0 Å². The molecule has 0 bridgehead atoms. The molecule has 226 valence electrons. The van der Waals surface area contributed by atoms with Gasteiger partial charge < -0.3 is 10.2 Å². The summed E-state index contributed by atoms with van der Waals surface area (Å²) in [7, 11) is -1.18. The Labute approximate surface area is 259 Å². The zero-order valence-corrected chi connectivity index (χ0v) is 27.6. The normalized spacial score (nSPS) is 12.3. The number of anilines is 1. The molecule has 8 nitrogen and oxygen atoms in total. The van der Waals surface area contributed by atoms with Crippen molar-refractivity contribution in [3.05, 3.63) is 99.5 Å². The number of hydrogen-bond donors (Lipinski definition) is 1. The van der Waals surface area contributed by atoms with Gasteiger partial charge in [-0.1, -0.05) is 84.4 Å². The van der Waals surface area contributed by atoms with E-state index < -0.39 is 28.7 Å². The fourth-order valence-electron chi connectivity index (χ4n) is 4.50. The fraction of sp³-hybridized carbons (Fsp3) is 0.375. The van der Waals surface area contributed by atoms with Gasteiger partial charge in [-0.25, -0.2) is 4.31 Å². The second-order valence-electron chi connectivity index (χ2n) is 11.1. The first-order valence-corrected chi connectivity index (χ1v) is 16.1. The van der Waals surface area contributed by atoms with Gasteiger partial charge >= 0.3 is 10.2 Å². The van der Waals surface area contributed by atoms with Crippen molar-refractivity contribution in [3.63, 3.8) is 0 Å². The summed E-state index contributed by atoms with van der Waals surface area (Å²) in [6, 6.07) is 21.7. The third-order valence-electron chi connectivity index (χ3n) is 6.85. The average molecular weight is 658 g/mol. The number of nitrogens with zero attached hydrogens (tertiary/aromatic N) is 3. The Morgan fingerprint density at radius 1 is 0.905 bits per heavy atom. The van der Waals surface area contributed by atoms with E-state index >= 15 is 0 Å². The Morgan fingerprint density at radius 2 is 1.57 bits per heavy atom. The molecule has 42 heavy (non-hydrogen) atoms. The first-order valence-electron chi connectivity index (χ1n) is 13.9. The van der Waals surface area contributed by atoms with Crippen LogP contribution in [0.2, 0.25) is 0 Å². The lowest BCUT2D eigenvalue weighted by Gasteiger charge is -2.35. The standard InChI is InChI=1S/C32H41BrN4O4S/c1-23(2)20-34-32(39)30(19-26-11-8-7-9-12-26)36(21-27-13-10-14-28(33)18-27)31(38)22-37(42(40,41)35(5)6)29-17-24(3)15-16-25(29)4/h7-18,23,30H,19-22H2,1-6H3,(H,34,39)/t30-/m0/s1. The number of amides is 2. The lowest BCUT2D eigenvalue weighted by Crippen LogP contribution is -2.54. The Bertz CT molecular complexity index is 1480. The summed E-state index contributed by atoms with van der Waals surface area (Å²) in [5.74, 6) is -0.558. The highest BCUT2D eigenvalue weighted by Crippen LogP contribution is 2.26. The summed E-state index contributed by atoms with van der Waals surface area (Å²) in [5.41, 5.74) is 3.70. The molecule has 0 aliphatic heterocycles. The summed E-state index contributed by atoms with van der Waals surface area (Å²) < 4.78 is 30.3. The van der Waals surface area contributed by atoms with Crippen LogP contribution in [0.4, 0.5) is 5.69 Å². The van der Waals surface area contributed by atoms with Crippen LogP contribution in [0.1, 0.15) is 36.1 Å². The maximum atomic E-state index is 14.4. The molecule has 0 aromatic heterocycles. The number of benzene rings is 3. The second kappa shape index (κ2) is 14.8. The first kappa shape index (κ1) is 33.3. The van der Waals surface area contributed by atoms with Gasteiger partial charge in [-0.15, -0.1) is 0 Å². The van der Waals surface area contributed by atoms with E-state index in [-0.39, 0.29) is 24.8 Å². The van der Waals surface area contributed by atoms with Gasteiger partial charge in [-0.3, -0.25) is 9.59 Å². The van der Waals surface area contributed by atoms with Crippen LogP contribution >= 0.6 is 15.9 Å². The Hall–Kier alpha value is -3.21. The van der Waals surface area contributed by atoms with E-state index in [1.807, 2.05) is 94.4 Å². The lowest BCUT2D eigenvalue weighted by molar-refractivity contribution is -0.140. The van der Waals surface area contributed by atoms with Crippen LogP contribution in [0.3, 0.4) is 0 Å². The van der Waals surface area contributed by atoms with Gasteiger partial charge in [0.15, 0.2) is 0 Å². The van der Waals surface area contributed by atoms with Gasteiger partial charge in [0, 0.05) is 38.1 Å². The van der Waals surface area contributed by atoms with Crippen LogP contribution in [-0.4, -0.2) is 62.7 Å². The predicted molar refractivity (Wildman–Crippen MR) is 172 cm³/mol. The topological polar surface area (TPSA) is 90.0 Å². The Balaban J connectivity index is 2.12. The zero-order valence-electron chi connectivity index (χ0n) is 25.2. The fourth-order valence-corrected chi connectivity index (χ4v) is 6.06. The summed E-state index contributed by atoms with van der Waals surface area (Å²) in [5, 5.41) is 3.00. The van der Waals surface area contributed by atoms with E-state index in [0.29, 0.717) is 17.8 Å². The van der Waals surface area contributed by atoms with Crippen LogP contribution in [0, 0.1) is 19.8 Å². The van der Waals surface area contributed by atoms with E-state index in [4.69, 9.17) is 0 Å².